The van der Waals surface area contributed by atoms with Crippen molar-refractivity contribution in [2.24, 2.45) is 0 Å². The molecule has 0 bridgehead atoms. The monoisotopic (exact) mass is 280 g/mol. The molecule has 0 radical (unpaired) electrons. The quantitative estimate of drug-likeness (QED) is 0.665. The van der Waals surface area contributed by atoms with Crippen LogP contribution in [0.5, 0.6) is 0 Å². The molecule has 100 valence electrons. The molecule has 3 aromatic rings. The molecule has 3 rings (SSSR count). The minimum absolute atomic E-state index is 0.317. The minimum atomic E-state index is 0.317. The van der Waals surface area contributed by atoms with E-state index >= 15 is 0 Å². The van der Waals surface area contributed by atoms with Gasteiger partial charge < -0.3 is 0 Å². The molecule has 20 heavy (non-hydrogen) atoms. The summed E-state index contributed by atoms with van der Waals surface area (Å²) in [5.41, 5.74) is 2.40. The zero-order valence-electron chi connectivity index (χ0n) is 11.2. The summed E-state index contributed by atoms with van der Waals surface area (Å²) in [5.74, 6) is 0.317. The van der Waals surface area contributed by atoms with Crippen LogP contribution in [0.25, 0.3) is 10.1 Å². The summed E-state index contributed by atoms with van der Waals surface area (Å²) in [4.78, 5) is 12.1. The van der Waals surface area contributed by atoms with Gasteiger partial charge in [-0.05, 0) is 34.4 Å². The predicted octanol–water partition coefficient (Wildman–Crippen LogP) is 4.65. The molecule has 1 aromatic heterocycles. The lowest BCUT2D eigenvalue weighted by Gasteiger charge is -2.01. The molecular weight excluding hydrogens is 264 g/mol. The molecule has 1 nitrogen and oxygen atoms in total. The third-order valence-electron chi connectivity index (χ3n) is 3.48. The van der Waals surface area contributed by atoms with Crippen LogP contribution in [0.15, 0.2) is 60.0 Å². The van der Waals surface area contributed by atoms with Crippen LogP contribution in [0, 0.1) is 0 Å². The van der Waals surface area contributed by atoms with Gasteiger partial charge in [-0.2, -0.15) is 0 Å². The van der Waals surface area contributed by atoms with Crippen LogP contribution in [-0.4, -0.2) is 5.78 Å². The van der Waals surface area contributed by atoms with Crippen LogP contribution in [0.2, 0.25) is 0 Å². The number of hydrogen-bond donors (Lipinski definition) is 0. The fraction of sp³-hybridized carbons (Fsp3) is 0.167. The third-order valence-corrected chi connectivity index (χ3v) is 4.50. The van der Waals surface area contributed by atoms with Crippen molar-refractivity contribution in [3.63, 3.8) is 0 Å². The predicted molar refractivity (Wildman–Crippen MR) is 85.3 cm³/mol. The van der Waals surface area contributed by atoms with Gasteiger partial charge in [0.1, 0.15) is 5.78 Å². The highest BCUT2D eigenvalue weighted by Crippen LogP contribution is 2.26. The molecule has 1 heterocycles. The van der Waals surface area contributed by atoms with Crippen molar-refractivity contribution in [1.82, 2.24) is 0 Å². The Morgan fingerprint density at radius 2 is 1.70 bits per heavy atom. The number of thiophene rings is 1. The first-order chi connectivity index (χ1) is 9.83. The average Bonchev–Trinajstić information content (AvgIpc) is 2.90. The molecule has 0 spiro atoms. The second-order valence-corrected chi connectivity index (χ2v) is 5.87. The van der Waals surface area contributed by atoms with E-state index in [1.807, 2.05) is 30.3 Å². The fourth-order valence-corrected chi connectivity index (χ4v) is 3.36. The van der Waals surface area contributed by atoms with E-state index in [0.29, 0.717) is 18.6 Å². The standard InChI is InChI=1S/C18H16OS/c19-16(11-10-14-6-2-1-3-7-14)12-15-13-20-18-9-5-4-8-17(15)18/h1-9,13H,10-12H2. The molecule has 0 saturated heterocycles. The van der Waals surface area contributed by atoms with Gasteiger partial charge in [-0.3, -0.25) is 4.79 Å². The van der Waals surface area contributed by atoms with Gasteiger partial charge in [-0.1, -0.05) is 48.5 Å². The number of carbonyl (C=O) groups excluding carboxylic acids is 1. The number of carbonyl (C=O) groups is 1. The lowest BCUT2D eigenvalue weighted by molar-refractivity contribution is -0.118. The molecule has 0 saturated carbocycles. The summed E-state index contributed by atoms with van der Waals surface area (Å²) in [6.45, 7) is 0. The fourth-order valence-electron chi connectivity index (χ4n) is 2.40. The Bertz CT molecular complexity index is 712. The number of ketones is 1. The van der Waals surface area contributed by atoms with Crippen LogP contribution < -0.4 is 0 Å². The Labute approximate surface area is 122 Å². The SMILES string of the molecule is O=C(CCc1ccccc1)Cc1csc2ccccc12. The largest absolute Gasteiger partial charge is 0.299 e. The van der Waals surface area contributed by atoms with E-state index in [1.54, 1.807) is 11.3 Å². The molecule has 0 fully saturated rings. The summed E-state index contributed by atoms with van der Waals surface area (Å²) in [7, 11) is 0. The van der Waals surface area contributed by atoms with Crippen LogP contribution >= 0.6 is 11.3 Å². The van der Waals surface area contributed by atoms with E-state index in [4.69, 9.17) is 0 Å². The van der Waals surface area contributed by atoms with E-state index < -0.39 is 0 Å². The van der Waals surface area contributed by atoms with Gasteiger partial charge in [-0.25, -0.2) is 0 Å². The highest BCUT2D eigenvalue weighted by Gasteiger charge is 2.09. The van der Waals surface area contributed by atoms with E-state index in [0.717, 1.165) is 6.42 Å². The van der Waals surface area contributed by atoms with Crippen molar-refractivity contribution in [2.45, 2.75) is 19.3 Å². The maximum atomic E-state index is 12.1. The molecule has 0 amide bonds. The van der Waals surface area contributed by atoms with E-state index in [2.05, 4.69) is 29.6 Å². The summed E-state index contributed by atoms with van der Waals surface area (Å²) in [6, 6.07) is 18.5. The molecule has 2 heteroatoms. The van der Waals surface area contributed by atoms with Gasteiger partial charge in [0, 0.05) is 17.5 Å². The second-order valence-electron chi connectivity index (χ2n) is 4.96. The normalized spacial score (nSPS) is 10.8. The van der Waals surface area contributed by atoms with Crippen molar-refractivity contribution in [2.75, 3.05) is 0 Å². The molecule has 0 aliphatic heterocycles. The summed E-state index contributed by atoms with van der Waals surface area (Å²) in [6.07, 6.45) is 2.01. The van der Waals surface area contributed by atoms with Gasteiger partial charge in [0.15, 0.2) is 0 Å². The lowest BCUT2D eigenvalue weighted by Crippen LogP contribution is -2.03. The summed E-state index contributed by atoms with van der Waals surface area (Å²) < 4.78 is 1.26. The number of hydrogen-bond acceptors (Lipinski definition) is 2. The Morgan fingerprint density at radius 3 is 2.55 bits per heavy atom. The first kappa shape index (κ1) is 13.1. The first-order valence-electron chi connectivity index (χ1n) is 6.83. The number of benzene rings is 2. The zero-order chi connectivity index (χ0) is 13.8. The molecule has 0 aliphatic rings. The van der Waals surface area contributed by atoms with Gasteiger partial charge in [-0.15, -0.1) is 11.3 Å². The lowest BCUT2D eigenvalue weighted by atomic mass is 10.0. The molecular formula is C18H16OS. The number of Topliss-reactive ketones (excluding diaryl/α,β-unsaturated/α-hetero) is 1. The highest BCUT2D eigenvalue weighted by atomic mass is 32.1. The highest BCUT2D eigenvalue weighted by molar-refractivity contribution is 7.17. The van der Waals surface area contributed by atoms with Crippen molar-refractivity contribution in [3.05, 3.63) is 71.1 Å². The van der Waals surface area contributed by atoms with Crippen molar-refractivity contribution < 1.29 is 4.79 Å². The molecule has 0 N–H and O–H groups in total. The van der Waals surface area contributed by atoms with Gasteiger partial charge in [0.25, 0.3) is 0 Å². The summed E-state index contributed by atoms with van der Waals surface area (Å²) >= 11 is 1.72. The molecule has 0 atom stereocenters. The Hall–Kier alpha value is -1.93. The average molecular weight is 280 g/mol. The van der Waals surface area contributed by atoms with Gasteiger partial charge in [0.2, 0.25) is 0 Å². The minimum Gasteiger partial charge on any atom is -0.299 e. The third kappa shape index (κ3) is 2.97. The van der Waals surface area contributed by atoms with E-state index in [1.165, 1.54) is 21.2 Å². The first-order valence-corrected chi connectivity index (χ1v) is 7.71. The van der Waals surface area contributed by atoms with E-state index in [9.17, 15) is 4.79 Å². The van der Waals surface area contributed by atoms with Gasteiger partial charge >= 0.3 is 0 Å². The Kier molecular flexibility index (Phi) is 3.93. The van der Waals surface area contributed by atoms with Crippen LogP contribution in [0.4, 0.5) is 0 Å². The molecule has 0 unspecified atom stereocenters. The maximum absolute atomic E-state index is 12.1. The zero-order valence-corrected chi connectivity index (χ0v) is 12.0. The van der Waals surface area contributed by atoms with Crippen LogP contribution in [0.1, 0.15) is 17.5 Å². The number of aryl methyl sites for hydroxylation is 1. The Morgan fingerprint density at radius 1 is 0.950 bits per heavy atom. The second kappa shape index (κ2) is 6.02. The number of rotatable bonds is 5. The van der Waals surface area contributed by atoms with Crippen molar-refractivity contribution in [1.29, 1.82) is 0 Å². The van der Waals surface area contributed by atoms with Crippen LogP contribution in [0.3, 0.4) is 0 Å². The topological polar surface area (TPSA) is 17.1 Å². The maximum Gasteiger partial charge on any atom is 0.137 e. The summed E-state index contributed by atoms with van der Waals surface area (Å²) in [5, 5.41) is 3.34. The van der Waals surface area contributed by atoms with Crippen molar-refractivity contribution >= 4 is 27.2 Å². The van der Waals surface area contributed by atoms with E-state index in [-0.39, 0.29) is 0 Å². The van der Waals surface area contributed by atoms with Gasteiger partial charge in [0.05, 0.1) is 0 Å². The number of fused-ring (bicyclic) bond motifs is 1. The van der Waals surface area contributed by atoms with Crippen LogP contribution in [-0.2, 0) is 17.6 Å². The smallest absolute Gasteiger partial charge is 0.137 e. The molecule has 2 aromatic carbocycles. The molecule has 0 aliphatic carbocycles. The van der Waals surface area contributed by atoms with Crippen molar-refractivity contribution in [3.8, 4) is 0 Å². The Balaban J connectivity index is 1.64.